The number of nitrogens with zero attached hydrogens (tertiary/aromatic N) is 2. The summed E-state index contributed by atoms with van der Waals surface area (Å²) in [6, 6.07) is 6.76. The lowest BCUT2D eigenvalue weighted by Gasteiger charge is -2.37. The number of hydrogen-bond acceptors (Lipinski definition) is 3. The summed E-state index contributed by atoms with van der Waals surface area (Å²) < 4.78 is 0. The SMILES string of the molecule is C=CCNC1CCN(Cc2ccccn2)CC1C. The third kappa shape index (κ3) is 3.65. The average molecular weight is 245 g/mol. The molecular weight excluding hydrogens is 222 g/mol. The molecule has 0 radical (unpaired) electrons. The molecule has 98 valence electrons. The van der Waals surface area contributed by atoms with E-state index in [2.05, 4.69) is 40.8 Å². The zero-order chi connectivity index (χ0) is 12.8. The smallest absolute Gasteiger partial charge is 0.0543 e. The van der Waals surface area contributed by atoms with Crippen LogP contribution in [0.3, 0.4) is 0 Å². The molecule has 3 nitrogen and oxygen atoms in total. The summed E-state index contributed by atoms with van der Waals surface area (Å²) in [5.74, 6) is 0.683. The van der Waals surface area contributed by atoms with E-state index < -0.39 is 0 Å². The number of nitrogens with one attached hydrogen (secondary N) is 1. The molecule has 2 heterocycles. The van der Waals surface area contributed by atoms with Gasteiger partial charge in [0, 0.05) is 38.4 Å². The summed E-state index contributed by atoms with van der Waals surface area (Å²) in [6.07, 6.45) is 5.02. The van der Waals surface area contributed by atoms with Gasteiger partial charge in [-0.25, -0.2) is 0 Å². The van der Waals surface area contributed by atoms with Gasteiger partial charge in [0.15, 0.2) is 0 Å². The summed E-state index contributed by atoms with van der Waals surface area (Å²) in [6.45, 7) is 10.3. The van der Waals surface area contributed by atoms with Gasteiger partial charge >= 0.3 is 0 Å². The number of rotatable bonds is 5. The van der Waals surface area contributed by atoms with Crippen LogP contribution < -0.4 is 5.32 Å². The van der Waals surface area contributed by atoms with E-state index in [1.165, 1.54) is 12.1 Å². The molecule has 1 aromatic rings. The van der Waals surface area contributed by atoms with E-state index in [1.807, 2.05) is 18.3 Å². The summed E-state index contributed by atoms with van der Waals surface area (Å²) in [7, 11) is 0. The van der Waals surface area contributed by atoms with Gasteiger partial charge in [0.2, 0.25) is 0 Å². The molecule has 0 spiro atoms. The van der Waals surface area contributed by atoms with Gasteiger partial charge in [-0.1, -0.05) is 19.1 Å². The Hall–Kier alpha value is -1.19. The van der Waals surface area contributed by atoms with Crippen LogP contribution in [0.5, 0.6) is 0 Å². The highest BCUT2D eigenvalue weighted by Crippen LogP contribution is 2.18. The summed E-state index contributed by atoms with van der Waals surface area (Å²) in [4.78, 5) is 6.90. The van der Waals surface area contributed by atoms with Gasteiger partial charge in [-0.2, -0.15) is 0 Å². The lowest BCUT2D eigenvalue weighted by molar-refractivity contribution is 0.141. The molecule has 18 heavy (non-hydrogen) atoms. The van der Waals surface area contributed by atoms with Crippen molar-refractivity contribution < 1.29 is 0 Å². The topological polar surface area (TPSA) is 28.2 Å². The first-order valence-corrected chi connectivity index (χ1v) is 6.76. The minimum absolute atomic E-state index is 0.628. The Morgan fingerprint density at radius 2 is 2.44 bits per heavy atom. The van der Waals surface area contributed by atoms with Crippen molar-refractivity contribution in [1.29, 1.82) is 0 Å². The molecule has 1 fully saturated rings. The summed E-state index contributed by atoms with van der Waals surface area (Å²) in [5, 5.41) is 3.55. The largest absolute Gasteiger partial charge is 0.310 e. The molecule has 1 N–H and O–H groups in total. The number of hydrogen-bond donors (Lipinski definition) is 1. The predicted molar refractivity (Wildman–Crippen MR) is 75.3 cm³/mol. The van der Waals surface area contributed by atoms with E-state index in [-0.39, 0.29) is 0 Å². The van der Waals surface area contributed by atoms with Crippen LogP contribution in [-0.2, 0) is 6.54 Å². The summed E-state index contributed by atoms with van der Waals surface area (Å²) >= 11 is 0. The van der Waals surface area contributed by atoms with E-state index in [9.17, 15) is 0 Å². The van der Waals surface area contributed by atoms with Gasteiger partial charge < -0.3 is 5.32 Å². The van der Waals surface area contributed by atoms with Crippen molar-refractivity contribution in [1.82, 2.24) is 15.2 Å². The molecule has 2 rings (SSSR count). The zero-order valence-corrected chi connectivity index (χ0v) is 11.2. The molecule has 2 atom stereocenters. The van der Waals surface area contributed by atoms with Crippen LogP contribution in [0.25, 0.3) is 0 Å². The van der Waals surface area contributed by atoms with Crippen LogP contribution in [0.2, 0.25) is 0 Å². The van der Waals surface area contributed by atoms with Crippen LogP contribution in [-0.4, -0.2) is 35.6 Å². The van der Waals surface area contributed by atoms with Crippen molar-refractivity contribution in [2.75, 3.05) is 19.6 Å². The lowest BCUT2D eigenvalue weighted by Crippen LogP contribution is -2.48. The Bertz CT molecular complexity index is 363. The van der Waals surface area contributed by atoms with Gasteiger partial charge in [0.1, 0.15) is 0 Å². The maximum atomic E-state index is 4.40. The number of likely N-dealkylation sites (tertiary alicyclic amines) is 1. The minimum atomic E-state index is 0.628. The second-order valence-corrected chi connectivity index (χ2v) is 5.13. The van der Waals surface area contributed by atoms with Crippen molar-refractivity contribution in [3.8, 4) is 0 Å². The molecule has 1 aliphatic rings. The normalized spacial score (nSPS) is 24.9. The minimum Gasteiger partial charge on any atom is -0.310 e. The molecule has 1 aliphatic heterocycles. The average Bonchev–Trinajstić information content (AvgIpc) is 2.39. The second kappa shape index (κ2) is 6.66. The van der Waals surface area contributed by atoms with Gasteiger partial charge in [-0.05, 0) is 24.5 Å². The first-order valence-electron chi connectivity index (χ1n) is 6.76. The van der Waals surface area contributed by atoms with Gasteiger partial charge in [0.25, 0.3) is 0 Å². The lowest BCUT2D eigenvalue weighted by atomic mass is 9.93. The first kappa shape index (κ1) is 13.2. The van der Waals surface area contributed by atoms with E-state index in [1.54, 1.807) is 0 Å². The fourth-order valence-corrected chi connectivity index (χ4v) is 2.63. The molecule has 2 unspecified atom stereocenters. The van der Waals surface area contributed by atoms with E-state index in [4.69, 9.17) is 0 Å². The number of pyridine rings is 1. The maximum Gasteiger partial charge on any atom is 0.0543 e. The van der Waals surface area contributed by atoms with Gasteiger partial charge in [-0.15, -0.1) is 6.58 Å². The Kier molecular flexibility index (Phi) is 4.90. The predicted octanol–water partition coefficient (Wildman–Crippen LogP) is 2.07. The Balaban J connectivity index is 1.82. The van der Waals surface area contributed by atoms with Crippen LogP contribution in [0.15, 0.2) is 37.1 Å². The van der Waals surface area contributed by atoms with Gasteiger partial charge in [0.05, 0.1) is 5.69 Å². The molecule has 0 aromatic carbocycles. The van der Waals surface area contributed by atoms with Crippen molar-refractivity contribution in [3.63, 3.8) is 0 Å². The fourth-order valence-electron chi connectivity index (χ4n) is 2.63. The highest BCUT2D eigenvalue weighted by molar-refractivity contribution is 5.03. The molecular formula is C15H23N3. The molecule has 1 aromatic heterocycles. The third-order valence-corrected chi connectivity index (χ3v) is 3.63. The van der Waals surface area contributed by atoms with Crippen LogP contribution >= 0.6 is 0 Å². The Morgan fingerprint density at radius 3 is 3.11 bits per heavy atom. The number of aromatic nitrogens is 1. The Morgan fingerprint density at radius 1 is 1.56 bits per heavy atom. The highest BCUT2D eigenvalue weighted by atomic mass is 15.2. The zero-order valence-electron chi connectivity index (χ0n) is 11.2. The quantitative estimate of drug-likeness (QED) is 0.805. The molecule has 0 amide bonds. The maximum absolute atomic E-state index is 4.40. The first-order chi connectivity index (χ1) is 8.79. The van der Waals surface area contributed by atoms with Gasteiger partial charge in [-0.3, -0.25) is 9.88 Å². The van der Waals surface area contributed by atoms with E-state index >= 15 is 0 Å². The molecule has 0 saturated carbocycles. The Labute approximate surface area is 110 Å². The third-order valence-electron chi connectivity index (χ3n) is 3.63. The van der Waals surface area contributed by atoms with Crippen LogP contribution in [0.1, 0.15) is 19.0 Å². The van der Waals surface area contributed by atoms with Crippen LogP contribution in [0, 0.1) is 5.92 Å². The standard InChI is InChI=1S/C15H23N3/c1-3-8-17-15-7-10-18(11-13(15)2)12-14-6-4-5-9-16-14/h3-6,9,13,15,17H,1,7-8,10-12H2,2H3. The molecule has 0 aliphatic carbocycles. The molecule has 1 saturated heterocycles. The van der Waals surface area contributed by atoms with Crippen molar-refractivity contribution in [2.45, 2.75) is 25.9 Å². The summed E-state index contributed by atoms with van der Waals surface area (Å²) in [5.41, 5.74) is 1.17. The van der Waals surface area contributed by atoms with Crippen LogP contribution in [0.4, 0.5) is 0 Å². The molecule has 0 bridgehead atoms. The van der Waals surface area contributed by atoms with Crippen molar-refractivity contribution >= 4 is 0 Å². The van der Waals surface area contributed by atoms with Crippen molar-refractivity contribution in [2.24, 2.45) is 5.92 Å². The number of piperidine rings is 1. The van der Waals surface area contributed by atoms with E-state index in [0.29, 0.717) is 12.0 Å². The van der Waals surface area contributed by atoms with Crippen molar-refractivity contribution in [3.05, 3.63) is 42.7 Å². The second-order valence-electron chi connectivity index (χ2n) is 5.13. The molecule has 3 heteroatoms. The highest BCUT2D eigenvalue weighted by Gasteiger charge is 2.25. The monoisotopic (exact) mass is 245 g/mol. The van der Waals surface area contributed by atoms with E-state index in [0.717, 1.165) is 26.2 Å². The fraction of sp³-hybridized carbons (Fsp3) is 0.533.